The van der Waals surface area contributed by atoms with E-state index in [9.17, 15) is 4.55 Å². The van der Waals surface area contributed by atoms with Crippen LogP contribution in [0.15, 0.2) is 0 Å². The Morgan fingerprint density at radius 2 is 1.83 bits per heavy atom. The number of alkyl halides is 2. The molecule has 0 radical (unpaired) electrons. The number of hydrogen-bond acceptors (Lipinski definition) is 4. The molecule has 3 N–H and O–H groups in total. The van der Waals surface area contributed by atoms with E-state index in [-0.39, 0.29) is 0 Å². The molecule has 0 saturated heterocycles. The molecule has 7 heteroatoms. The number of nitrogens with zero attached hydrogens (tertiary/aromatic N) is 1. The Morgan fingerprint density at radius 3 is 2.50 bits per heavy atom. The van der Waals surface area contributed by atoms with Gasteiger partial charge in [-0.15, -0.1) is 0 Å². The highest BCUT2D eigenvalue weighted by Gasteiger charge is 2.20. The van der Waals surface area contributed by atoms with Crippen LogP contribution < -0.4 is 11.1 Å². The van der Waals surface area contributed by atoms with Gasteiger partial charge in [0.05, 0.1) is 0 Å². The Morgan fingerprint density at radius 1 is 1.17 bits per heavy atom. The number of halogens is 2. The van der Waals surface area contributed by atoms with Crippen LogP contribution in [0.25, 0.3) is 0 Å². The van der Waals surface area contributed by atoms with Crippen LogP contribution in [0, 0.1) is 0 Å². The number of aromatic nitrogens is 1. The molecule has 1 rings (SSSR count). The number of hydrogen-bond donors (Lipinski definition) is 2. The SMILES string of the molecule is Nc1nc(NCCCCI)[s+]([O-])c1CCCCI. The fourth-order valence-corrected chi connectivity index (χ4v) is 3.84. The minimum Gasteiger partial charge on any atom is -0.588 e. The molecule has 1 heterocycles. The summed E-state index contributed by atoms with van der Waals surface area (Å²) in [6, 6.07) is 0. The van der Waals surface area contributed by atoms with E-state index >= 15 is 0 Å². The first kappa shape index (κ1) is 16.7. The van der Waals surface area contributed by atoms with Gasteiger partial charge in [0, 0.05) is 13.0 Å². The van der Waals surface area contributed by atoms with E-state index in [2.05, 4.69) is 55.5 Å². The number of nitrogen functional groups attached to an aromatic ring is 1. The molecular weight excluding hydrogens is 476 g/mol. The third-order valence-electron chi connectivity index (χ3n) is 2.53. The fraction of sp³-hybridized carbons (Fsp3) is 0.727. The average molecular weight is 495 g/mol. The molecule has 0 aliphatic carbocycles. The third kappa shape index (κ3) is 5.33. The number of rotatable bonds is 9. The van der Waals surface area contributed by atoms with Crippen LogP contribution in [0.3, 0.4) is 0 Å². The van der Waals surface area contributed by atoms with Gasteiger partial charge in [0.1, 0.15) is 0 Å². The first-order chi connectivity index (χ1) is 8.70. The predicted molar refractivity (Wildman–Crippen MR) is 95.7 cm³/mol. The lowest BCUT2D eigenvalue weighted by molar-refractivity contribution is 0.595. The maximum absolute atomic E-state index is 12.2. The smallest absolute Gasteiger partial charge is 0.341 e. The lowest BCUT2D eigenvalue weighted by Gasteiger charge is -2.01. The van der Waals surface area contributed by atoms with E-state index in [1.807, 2.05) is 0 Å². The molecule has 0 fully saturated rings. The quantitative estimate of drug-likeness (QED) is 0.237. The third-order valence-corrected chi connectivity index (χ3v) is 5.50. The Balaban J connectivity index is 2.51. The molecule has 0 amide bonds. The van der Waals surface area contributed by atoms with Gasteiger partial charge >= 0.3 is 5.13 Å². The number of nitrogens with two attached hydrogens (primary N) is 1. The molecule has 0 saturated carbocycles. The summed E-state index contributed by atoms with van der Waals surface area (Å²) in [7, 11) is -1.15. The molecule has 1 aromatic heterocycles. The van der Waals surface area contributed by atoms with Gasteiger partial charge in [-0.05, 0) is 45.3 Å². The van der Waals surface area contributed by atoms with Crippen molar-refractivity contribution < 1.29 is 4.55 Å². The van der Waals surface area contributed by atoms with Gasteiger partial charge in [-0.25, -0.2) is 0 Å². The molecule has 4 nitrogen and oxygen atoms in total. The Hall–Kier alpha value is 0.650. The van der Waals surface area contributed by atoms with Gasteiger partial charge in [-0.2, -0.15) is 4.98 Å². The van der Waals surface area contributed by atoms with E-state index < -0.39 is 10.8 Å². The zero-order valence-electron chi connectivity index (χ0n) is 10.3. The lowest BCUT2D eigenvalue weighted by Crippen LogP contribution is -2.02. The summed E-state index contributed by atoms with van der Waals surface area (Å²) in [5.74, 6) is 0.457. The first-order valence-electron chi connectivity index (χ1n) is 6.05. The molecule has 18 heavy (non-hydrogen) atoms. The molecule has 0 bridgehead atoms. The summed E-state index contributed by atoms with van der Waals surface area (Å²) in [6.07, 6.45) is 5.20. The number of unbranched alkanes of at least 4 members (excludes halogenated alkanes) is 2. The number of thiazole rings is 1. The molecule has 0 spiro atoms. The zero-order valence-corrected chi connectivity index (χ0v) is 15.4. The van der Waals surface area contributed by atoms with Crippen molar-refractivity contribution in [3.05, 3.63) is 4.88 Å². The van der Waals surface area contributed by atoms with Crippen molar-refractivity contribution in [3.8, 4) is 0 Å². The zero-order chi connectivity index (χ0) is 13.4. The topological polar surface area (TPSA) is 74.0 Å². The van der Waals surface area contributed by atoms with Crippen molar-refractivity contribution in [2.75, 3.05) is 26.5 Å². The van der Waals surface area contributed by atoms with E-state index in [4.69, 9.17) is 5.73 Å². The lowest BCUT2D eigenvalue weighted by atomic mass is 10.2. The van der Waals surface area contributed by atoms with Crippen LogP contribution >= 0.6 is 55.9 Å². The summed E-state index contributed by atoms with van der Waals surface area (Å²) in [4.78, 5) is 4.99. The van der Waals surface area contributed by atoms with Gasteiger partial charge in [-0.1, -0.05) is 45.2 Å². The van der Waals surface area contributed by atoms with Gasteiger partial charge in [0.2, 0.25) is 0 Å². The Kier molecular flexibility index (Phi) is 8.85. The van der Waals surface area contributed by atoms with Gasteiger partial charge in [0.25, 0.3) is 0 Å². The van der Waals surface area contributed by atoms with Gasteiger partial charge in [-0.3, -0.25) is 0 Å². The van der Waals surface area contributed by atoms with Crippen molar-refractivity contribution in [2.45, 2.75) is 32.1 Å². The predicted octanol–water partition coefficient (Wildman–Crippen LogP) is 3.78. The van der Waals surface area contributed by atoms with Crippen LogP contribution in [-0.2, 0) is 6.42 Å². The largest absolute Gasteiger partial charge is 0.588 e. The molecule has 1 aromatic rings. The summed E-state index contributed by atoms with van der Waals surface area (Å²) in [5.41, 5.74) is 5.83. The fourth-order valence-electron chi connectivity index (χ4n) is 1.55. The highest BCUT2D eigenvalue weighted by atomic mass is 127. The average Bonchev–Trinajstić information content (AvgIpc) is 2.62. The highest BCUT2D eigenvalue weighted by Crippen LogP contribution is 2.35. The van der Waals surface area contributed by atoms with Crippen molar-refractivity contribution >= 4 is 66.9 Å². The minimum absolute atomic E-state index is 0.457. The van der Waals surface area contributed by atoms with Crippen molar-refractivity contribution in [3.63, 3.8) is 0 Å². The Bertz CT molecular complexity index is 360. The second-order valence-electron chi connectivity index (χ2n) is 3.96. The van der Waals surface area contributed by atoms with E-state index in [1.54, 1.807) is 0 Å². The molecule has 0 aliphatic heterocycles. The molecular formula is C11H19I2N3OS. The van der Waals surface area contributed by atoms with E-state index in [1.165, 1.54) is 6.42 Å². The monoisotopic (exact) mass is 495 g/mol. The summed E-state index contributed by atoms with van der Waals surface area (Å²) < 4.78 is 14.4. The first-order valence-corrected chi connectivity index (χ1v) is 10.3. The summed E-state index contributed by atoms with van der Waals surface area (Å²) in [5, 5.41) is 3.69. The second-order valence-corrected chi connectivity index (χ2v) is 7.54. The van der Waals surface area contributed by atoms with Crippen molar-refractivity contribution in [1.82, 2.24) is 4.98 Å². The van der Waals surface area contributed by atoms with E-state index in [0.717, 1.165) is 46.0 Å². The molecule has 0 aromatic carbocycles. The molecule has 1 atom stereocenters. The van der Waals surface area contributed by atoms with Crippen LogP contribution in [0.4, 0.5) is 10.9 Å². The number of nitrogens with one attached hydrogen (secondary N) is 1. The van der Waals surface area contributed by atoms with Gasteiger partial charge in [0.15, 0.2) is 10.7 Å². The highest BCUT2D eigenvalue weighted by molar-refractivity contribution is 14.1. The molecule has 0 aliphatic rings. The maximum Gasteiger partial charge on any atom is 0.341 e. The Labute approximate surface area is 139 Å². The molecule has 104 valence electrons. The summed E-state index contributed by atoms with van der Waals surface area (Å²) in [6.45, 7) is 0.821. The van der Waals surface area contributed by atoms with Crippen LogP contribution in [0.1, 0.15) is 30.6 Å². The summed E-state index contributed by atoms with van der Waals surface area (Å²) >= 11 is 4.71. The molecule has 1 unspecified atom stereocenters. The minimum atomic E-state index is -1.15. The van der Waals surface area contributed by atoms with Crippen LogP contribution in [0.2, 0.25) is 0 Å². The maximum atomic E-state index is 12.2. The normalized spacial score (nSPS) is 11.8. The van der Waals surface area contributed by atoms with Crippen molar-refractivity contribution in [2.24, 2.45) is 0 Å². The second kappa shape index (κ2) is 9.54. The standard InChI is InChI=1S/C11H19I2N3OS/c12-6-2-1-5-9-10(14)16-11(18(9)17)15-8-4-3-7-13/h1-8,14H2,(H,15,16). The number of anilines is 2. The van der Waals surface area contributed by atoms with Crippen LogP contribution in [0.5, 0.6) is 0 Å². The van der Waals surface area contributed by atoms with Crippen LogP contribution in [-0.4, -0.2) is 24.9 Å². The van der Waals surface area contributed by atoms with Crippen molar-refractivity contribution in [1.29, 1.82) is 0 Å². The van der Waals surface area contributed by atoms with Gasteiger partial charge < -0.3 is 15.6 Å². The van der Waals surface area contributed by atoms with E-state index in [0.29, 0.717) is 10.9 Å².